The van der Waals surface area contributed by atoms with E-state index in [1.165, 1.54) is 0 Å². The van der Waals surface area contributed by atoms with Gasteiger partial charge in [-0.05, 0) is 88.3 Å². The summed E-state index contributed by atoms with van der Waals surface area (Å²) in [5.41, 5.74) is 5.47. The van der Waals surface area contributed by atoms with Gasteiger partial charge in [-0.3, -0.25) is 14.7 Å². The van der Waals surface area contributed by atoms with Gasteiger partial charge in [-0.2, -0.15) is 0 Å². The maximum Gasteiger partial charge on any atom is 0.253 e. The zero-order valence-electron chi connectivity index (χ0n) is 22.4. The average Bonchev–Trinajstić information content (AvgIpc) is 3.64. The Morgan fingerprint density at radius 3 is 2.55 bits per heavy atom. The summed E-state index contributed by atoms with van der Waals surface area (Å²) in [6.45, 7) is 5.49. The summed E-state index contributed by atoms with van der Waals surface area (Å²) in [4.78, 5) is 23.4. The number of furan rings is 1. The summed E-state index contributed by atoms with van der Waals surface area (Å²) in [5.74, 6) is 1.33. The number of rotatable bonds is 9. The highest BCUT2D eigenvalue weighted by atomic mass is 16.3. The Hall–Kier alpha value is -4.89. The lowest BCUT2D eigenvalue weighted by Gasteiger charge is -2.30. The Morgan fingerprint density at radius 1 is 0.950 bits per heavy atom. The van der Waals surface area contributed by atoms with Crippen molar-refractivity contribution in [2.24, 2.45) is 0 Å². The first-order chi connectivity index (χ1) is 19.5. The minimum atomic E-state index is -0.584. The molecule has 0 spiro atoms. The van der Waals surface area contributed by atoms with Crippen LogP contribution in [0.3, 0.4) is 0 Å². The number of aryl methyl sites for hydroxylation is 2. The molecule has 4 aromatic heterocycles. The van der Waals surface area contributed by atoms with Gasteiger partial charge < -0.3 is 9.40 Å². The molecule has 9 heteroatoms. The van der Waals surface area contributed by atoms with Crippen LogP contribution in [0.1, 0.15) is 45.4 Å². The first-order valence-corrected chi connectivity index (χ1v) is 13.1. The van der Waals surface area contributed by atoms with Gasteiger partial charge in [0.05, 0.1) is 19.4 Å². The number of aromatic amines is 1. The van der Waals surface area contributed by atoms with Gasteiger partial charge in [0.15, 0.2) is 5.82 Å². The lowest BCUT2D eigenvalue weighted by atomic mass is 10.00. The molecule has 200 valence electrons. The smallest absolute Gasteiger partial charge is 0.253 e. The molecule has 0 amide bonds. The van der Waals surface area contributed by atoms with Gasteiger partial charge in [0.2, 0.25) is 0 Å². The molecule has 2 aromatic carbocycles. The number of aromatic nitrogens is 6. The zero-order chi connectivity index (χ0) is 27.5. The largest absolute Gasteiger partial charge is 0.468 e. The molecule has 0 unspecified atom stereocenters. The molecule has 0 radical (unpaired) electrons. The van der Waals surface area contributed by atoms with Crippen molar-refractivity contribution in [1.82, 2.24) is 35.1 Å². The van der Waals surface area contributed by atoms with Gasteiger partial charge in [0, 0.05) is 30.0 Å². The number of tetrazole rings is 1. The fraction of sp³-hybridized carbons (Fsp3) is 0.194. The number of nitrogens with zero attached hydrogens (tertiary/aromatic N) is 6. The first-order valence-electron chi connectivity index (χ1n) is 13.1. The molecule has 4 heterocycles. The van der Waals surface area contributed by atoms with E-state index in [1.807, 2.05) is 79.9 Å². The molecular formula is C31H29N7O2. The molecular weight excluding hydrogens is 502 g/mol. The predicted molar refractivity (Wildman–Crippen MR) is 151 cm³/mol. The first kappa shape index (κ1) is 25.4. The van der Waals surface area contributed by atoms with Crippen LogP contribution in [0.25, 0.3) is 10.9 Å². The predicted octanol–water partition coefficient (Wildman–Crippen LogP) is 4.96. The fourth-order valence-corrected chi connectivity index (χ4v) is 5.04. The van der Waals surface area contributed by atoms with E-state index in [9.17, 15) is 4.79 Å². The SMILES string of the molecule is Cc1cc2cc([C@H](c3nnnn3Cc3ccccc3)N(Cc3cccnc3)Cc3ccco3)c(=O)[nH]c2cc1C. The van der Waals surface area contributed by atoms with Crippen molar-refractivity contribution >= 4 is 10.9 Å². The van der Waals surface area contributed by atoms with Crippen LogP contribution in [-0.4, -0.2) is 35.1 Å². The maximum absolute atomic E-state index is 13.8. The topological polar surface area (TPSA) is 106 Å². The van der Waals surface area contributed by atoms with Crippen LogP contribution >= 0.6 is 0 Å². The number of benzene rings is 2. The number of nitrogens with one attached hydrogen (secondary N) is 1. The quantitative estimate of drug-likeness (QED) is 0.281. The van der Waals surface area contributed by atoms with E-state index >= 15 is 0 Å². The second-order valence-electron chi connectivity index (χ2n) is 10.0. The molecule has 0 fully saturated rings. The highest BCUT2D eigenvalue weighted by molar-refractivity contribution is 5.81. The minimum absolute atomic E-state index is 0.189. The van der Waals surface area contributed by atoms with Crippen molar-refractivity contribution in [3.05, 3.63) is 141 Å². The van der Waals surface area contributed by atoms with Crippen molar-refractivity contribution in [2.45, 2.75) is 39.5 Å². The Morgan fingerprint density at radius 2 is 1.77 bits per heavy atom. The normalized spacial score (nSPS) is 12.3. The van der Waals surface area contributed by atoms with Crippen LogP contribution in [-0.2, 0) is 19.6 Å². The fourth-order valence-electron chi connectivity index (χ4n) is 5.04. The molecule has 0 aliphatic rings. The van der Waals surface area contributed by atoms with E-state index < -0.39 is 6.04 Å². The van der Waals surface area contributed by atoms with Crippen LogP contribution in [0.5, 0.6) is 0 Å². The molecule has 1 atom stereocenters. The minimum Gasteiger partial charge on any atom is -0.468 e. The summed E-state index contributed by atoms with van der Waals surface area (Å²) >= 11 is 0. The van der Waals surface area contributed by atoms with Gasteiger partial charge in [-0.25, -0.2) is 4.68 Å². The molecule has 0 saturated carbocycles. The third-order valence-electron chi connectivity index (χ3n) is 7.17. The summed E-state index contributed by atoms with van der Waals surface area (Å²) < 4.78 is 7.52. The van der Waals surface area contributed by atoms with Gasteiger partial charge >= 0.3 is 0 Å². The molecule has 9 nitrogen and oxygen atoms in total. The standard InChI is InChI=1S/C31H29N7O2/c1-21-14-25-16-27(31(39)33-28(25)15-22(21)2)29(30-34-35-36-38(30)19-23-8-4-3-5-9-23)37(20-26-11-7-13-40-26)18-24-10-6-12-32-17-24/h3-17,29H,18-20H2,1-2H3,(H,33,39)/t29-/m1/s1. The number of H-pyrrole nitrogens is 1. The van der Waals surface area contributed by atoms with Gasteiger partial charge in [-0.1, -0.05) is 36.4 Å². The van der Waals surface area contributed by atoms with Crippen molar-refractivity contribution in [2.75, 3.05) is 0 Å². The Labute approximate surface area is 231 Å². The van der Waals surface area contributed by atoms with Crippen molar-refractivity contribution < 1.29 is 4.42 Å². The molecule has 0 saturated heterocycles. The van der Waals surface area contributed by atoms with Gasteiger partial charge in [-0.15, -0.1) is 5.10 Å². The summed E-state index contributed by atoms with van der Waals surface area (Å²) in [5, 5.41) is 13.8. The summed E-state index contributed by atoms with van der Waals surface area (Å²) in [6.07, 6.45) is 5.23. The van der Waals surface area contributed by atoms with Crippen molar-refractivity contribution in [3.8, 4) is 0 Å². The molecule has 1 N–H and O–H groups in total. The third kappa shape index (κ3) is 5.32. The zero-order valence-corrected chi connectivity index (χ0v) is 22.4. The molecule has 0 aliphatic carbocycles. The van der Waals surface area contributed by atoms with E-state index in [4.69, 9.17) is 4.42 Å². The van der Waals surface area contributed by atoms with E-state index in [0.717, 1.165) is 38.9 Å². The second-order valence-corrected chi connectivity index (χ2v) is 10.0. The van der Waals surface area contributed by atoms with Gasteiger partial charge in [0.25, 0.3) is 5.56 Å². The van der Waals surface area contributed by atoms with Crippen molar-refractivity contribution in [3.63, 3.8) is 0 Å². The number of hydrogen-bond donors (Lipinski definition) is 1. The lowest BCUT2D eigenvalue weighted by Crippen LogP contribution is -2.35. The van der Waals surface area contributed by atoms with Crippen LogP contribution in [0.4, 0.5) is 0 Å². The molecule has 6 rings (SSSR count). The Balaban J connectivity index is 1.53. The van der Waals surface area contributed by atoms with E-state index in [1.54, 1.807) is 17.1 Å². The highest BCUT2D eigenvalue weighted by Crippen LogP contribution is 2.31. The number of hydrogen-bond acceptors (Lipinski definition) is 7. The van der Waals surface area contributed by atoms with Crippen LogP contribution in [0.15, 0.2) is 101 Å². The van der Waals surface area contributed by atoms with E-state index in [0.29, 0.717) is 31.0 Å². The molecule has 6 aromatic rings. The van der Waals surface area contributed by atoms with Crippen LogP contribution < -0.4 is 5.56 Å². The van der Waals surface area contributed by atoms with Gasteiger partial charge in [0.1, 0.15) is 11.8 Å². The second kappa shape index (κ2) is 11.1. The molecule has 40 heavy (non-hydrogen) atoms. The maximum atomic E-state index is 13.8. The van der Waals surface area contributed by atoms with Crippen molar-refractivity contribution in [1.29, 1.82) is 0 Å². The molecule has 0 aliphatic heterocycles. The Kier molecular flexibility index (Phi) is 7.03. The number of pyridine rings is 2. The van der Waals surface area contributed by atoms with Crippen LogP contribution in [0.2, 0.25) is 0 Å². The lowest BCUT2D eigenvalue weighted by molar-refractivity contribution is 0.179. The average molecular weight is 532 g/mol. The molecule has 0 bridgehead atoms. The number of fused-ring (bicyclic) bond motifs is 1. The highest BCUT2D eigenvalue weighted by Gasteiger charge is 2.31. The van der Waals surface area contributed by atoms with Crippen LogP contribution in [0, 0.1) is 13.8 Å². The van der Waals surface area contributed by atoms with E-state index in [-0.39, 0.29) is 5.56 Å². The summed E-state index contributed by atoms with van der Waals surface area (Å²) in [7, 11) is 0. The summed E-state index contributed by atoms with van der Waals surface area (Å²) in [6, 6.07) is 23.2. The monoisotopic (exact) mass is 531 g/mol. The van der Waals surface area contributed by atoms with E-state index in [2.05, 4.69) is 43.4 Å². The Bertz CT molecular complexity index is 1780. The third-order valence-corrected chi connectivity index (χ3v) is 7.17.